The molecular formula is C13H12N4O2S. The Kier molecular flexibility index (Phi) is 2.98. The van der Waals surface area contributed by atoms with E-state index in [9.17, 15) is 4.79 Å². The Balaban J connectivity index is 2.07. The molecular weight excluding hydrogens is 276 g/mol. The number of nitrogens with zero attached hydrogens (tertiary/aromatic N) is 2. The number of hydrogen-bond acceptors (Lipinski definition) is 6. The predicted octanol–water partition coefficient (Wildman–Crippen LogP) is 2.26. The maximum atomic E-state index is 11.7. The Hall–Kier alpha value is -2.28. The topological polar surface area (TPSA) is 97.8 Å². The van der Waals surface area contributed by atoms with Gasteiger partial charge in [-0.3, -0.25) is 4.79 Å². The first-order chi connectivity index (χ1) is 9.54. The molecule has 0 bridgehead atoms. The molecule has 0 saturated heterocycles. The first-order valence-electron chi connectivity index (χ1n) is 5.93. The molecule has 7 heteroatoms. The number of oxazole rings is 1. The van der Waals surface area contributed by atoms with Crippen molar-refractivity contribution in [3.63, 3.8) is 0 Å². The number of aromatic nitrogens is 3. The summed E-state index contributed by atoms with van der Waals surface area (Å²) in [5.74, 6) is 0.779. The van der Waals surface area contributed by atoms with Gasteiger partial charge in [0.1, 0.15) is 5.76 Å². The number of aromatic amines is 1. The van der Waals surface area contributed by atoms with Gasteiger partial charge < -0.3 is 15.1 Å². The summed E-state index contributed by atoms with van der Waals surface area (Å²) >= 11 is 1.31. The van der Waals surface area contributed by atoms with Gasteiger partial charge in [-0.1, -0.05) is 0 Å². The van der Waals surface area contributed by atoms with Gasteiger partial charge in [-0.15, -0.1) is 0 Å². The molecule has 3 rings (SSSR count). The number of aryl methyl sites for hydroxylation is 2. The van der Waals surface area contributed by atoms with Gasteiger partial charge in [-0.05, 0) is 37.7 Å². The van der Waals surface area contributed by atoms with E-state index in [-0.39, 0.29) is 5.56 Å². The van der Waals surface area contributed by atoms with E-state index in [4.69, 9.17) is 10.2 Å². The molecule has 2 aromatic heterocycles. The number of nitrogen functional groups attached to an aromatic ring is 1. The largest absolute Gasteiger partial charge is 0.436 e. The van der Waals surface area contributed by atoms with Crippen molar-refractivity contribution in [1.29, 1.82) is 0 Å². The van der Waals surface area contributed by atoms with Crippen LogP contribution in [0.4, 0.5) is 5.69 Å². The summed E-state index contributed by atoms with van der Waals surface area (Å²) in [6.45, 7) is 3.74. The molecule has 2 heterocycles. The van der Waals surface area contributed by atoms with Crippen molar-refractivity contribution in [2.45, 2.75) is 24.0 Å². The van der Waals surface area contributed by atoms with Crippen LogP contribution in [0, 0.1) is 13.8 Å². The number of rotatable bonds is 2. The molecule has 0 aliphatic heterocycles. The molecule has 0 aliphatic rings. The molecule has 0 fully saturated rings. The second kappa shape index (κ2) is 4.68. The molecule has 102 valence electrons. The van der Waals surface area contributed by atoms with E-state index in [1.807, 2.05) is 13.8 Å². The van der Waals surface area contributed by atoms with Crippen LogP contribution in [0.1, 0.15) is 11.5 Å². The summed E-state index contributed by atoms with van der Waals surface area (Å²) in [5.41, 5.74) is 7.70. The average molecular weight is 288 g/mol. The normalized spacial score (nSPS) is 11.1. The van der Waals surface area contributed by atoms with Gasteiger partial charge in [0.05, 0.1) is 22.9 Å². The fourth-order valence-corrected chi connectivity index (χ4v) is 2.67. The lowest BCUT2D eigenvalue weighted by atomic mass is 10.2. The van der Waals surface area contributed by atoms with E-state index in [1.54, 1.807) is 12.1 Å². The standard InChI is InChI=1S/C13H12N4O2S/c1-6-7(2)19-13(17-6)20-11-4-10-8(3-9(11)14)12(18)16-5-15-10/h3-5H,14H2,1-2H3,(H,15,16,18). The van der Waals surface area contributed by atoms with Crippen LogP contribution in [0.15, 0.2) is 37.8 Å². The molecule has 0 spiro atoms. The number of hydrogen-bond donors (Lipinski definition) is 2. The SMILES string of the molecule is Cc1nc(Sc2cc3nc[nH]c(=O)c3cc2N)oc1C. The number of anilines is 1. The average Bonchev–Trinajstić information content (AvgIpc) is 2.71. The van der Waals surface area contributed by atoms with Crippen LogP contribution in [0.2, 0.25) is 0 Å². The van der Waals surface area contributed by atoms with E-state index in [2.05, 4.69) is 15.0 Å². The first-order valence-corrected chi connectivity index (χ1v) is 6.75. The Morgan fingerprint density at radius 1 is 1.35 bits per heavy atom. The van der Waals surface area contributed by atoms with Gasteiger partial charge >= 0.3 is 0 Å². The van der Waals surface area contributed by atoms with Gasteiger partial charge in [-0.25, -0.2) is 9.97 Å². The Morgan fingerprint density at radius 2 is 2.15 bits per heavy atom. The van der Waals surface area contributed by atoms with Gasteiger partial charge in [-0.2, -0.15) is 0 Å². The molecule has 3 aromatic rings. The van der Waals surface area contributed by atoms with Crippen LogP contribution in [0.25, 0.3) is 10.9 Å². The van der Waals surface area contributed by atoms with Crippen LogP contribution in [0.5, 0.6) is 0 Å². The summed E-state index contributed by atoms with van der Waals surface area (Å²) in [5, 5.41) is 0.991. The molecule has 0 radical (unpaired) electrons. The molecule has 3 N–H and O–H groups in total. The lowest BCUT2D eigenvalue weighted by Gasteiger charge is -2.04. The quantitative estimate of drug-likeness (QED) is 0.702. The highest BCUT2D eigenvalue weighted by Gasteiger charge is 2.12. The molecule has 1 aromatic carbocycles. The van der Waals surface area contributed by atoms with Gasteiger partial charge in [0.2, 0.25) is 0 Å². The van der Waals surface area contributed by atoms with Crippen LogP contribution in [-0.2, 0) is 0 Å². The fourth-order valence-electron chi connectivity index (χ4n) is 1.78. The van der Waals surface area contributed by atoms with Crippen LogP contribution in [-0.4, -0.2) is 15.0 Å². The Bertz CT molecular complexity index is 834. The summed E-state index contributed by atoms with van der Waals surface area (Å²) in [7, 11) is 0. The number of fused-ring (bicyclic) bond motifs is 1. The maximum absolute atomic E-state index is 11.7. The molecule has 0 unspecified atom stereocenters. The zero-order valence-electron chi connectivity index (χ0n) is 10.9. The van der Waals surface area contributed by atoms with Crippen molar-refractivity contribution in [1.82, 2.24) is 15.0 Å². The van der Waals surface area contributed by atoms with Crippen LogP contribution >= 0.6 is 11.8 Å². The van der Waals surface area contributed by atoms with Crippen LogP contribution < -0.4 is 11.3 Å². The number of nitrogens with two attached hydrogens (primary N) is 1. The van der Waals surface area contributed by atoms with Gasteiger partial charge in [0.15, 0.2) is 0 Å². The van der Waals surface area contributed by atoms with E-state index >= 15 is 0 Å². The third-order valence-corrected chi connectivity index (χ3v) is 3.90. The Morgan fingerprint density at radius 3 is 2.85 bits per heavy atom. The van der Waals surface area contributed by atoms with E-state index in [0.717, 1.165) is 16.3 Å². The summed E-state index contributed by atoms with van der Waals surface area (Å²) in [6.07, 6.45) is 1.37. The van der Waals surface area contributed by atoms with Crippen molar-refractivity contribution in [2.24, 2.45) is 0 Å². The third-order valence-electron chi connectivity index (χ3n) is 2.98. The second-order valence-corrected chi connectivity index (χ2v) is 5.36. The van der Waals surface area contributed by atoms with Gasteiger partial charge in [0, 0.05) is 10.6 Å². The lowest BCUT2D eigenvalue weighted by molar-refractivity contribution is 0.431. The zero-order chi connectivity index (χ0) is 14.3. The smallest absolute Gasteiger partial charge is 0.261 e. The molecule has 0 amide bonds. The highest BCUT2D eigenvalue weighted by molar-refractivity contribution is 7.99. The highest BCUT2D eigenvalue weighted by atomic mass is 32.2. The van der Waals surface area contributed by atoms with Crippen LogP contribution in [0.3, 0.4) is 0 Å². The van der Waals surface area contributed by atoms with Crippen molar-refractivity contribution in [2.75, 3.05) is 5.73 Å². The minimum atomic E-state index is -0.207. The van der Waals surface area contributed by atoms with Crippen molar-refractivity contribution >= 4 is 28.4 Å². The first kappa shape index (κ1) is 12.7. The van der Waals surface area contributed by atoms with Crippen molar-refractivity contribution < 1.29 is 4.42 Å². The molecule has 0 atom stereocenters. The minimum absolute atomic E-state index is 0.207. The summed E-state index contributed by atoms with van der Waals surface area (Å²) in [4.78, 5) is 23.4. The van der Waals surface area contributed by atoms with E-state index in [0.29, 0.717) is 21.8 Å². The maximum Gasteiger partial charge on any atom is 0.261 e. The molecule has 20 heavy (non-hydrogen) atoms. The molecule has 0 saturated carbocycles. The molecule has 0 aliphatic carbocycles. The monoisotopic (exact) mass is 288 g/mol. The summed E-state index contributed by atoms with van der Waals surface area (Å²) in [6, 6.07) is 3.38. The third kappa shape index (κ3) is 2.16. The van der Waals surface area contributed by atoms with Crippen molar-refractivity contribution in [3.05, 3.63) is 40.3 Å². The number of H-pyrrole nitrogens is 1. The highest BCUT2D eigenvalue weighted by Crippen LogP contribution is 2.34. The Labute approximate surface area is 118 Å². The second-order valence-electron chi connectivity index (χ2n) is 4.36. The van der Waals surface area contributed by atoms with Gasteiger partial charge in [0.25, 0.3) is 10.8 Å². The summed E-state index contributed by atoms with van der Waals surface area (Å²) < 4.78 is 5.52. The van der Waals surface area contributed by atoms with E-state index in [1.165, 1.54) is 18.1 Å². The zero-order valence-corrected chi connectivity index (χ0v) is 11.7. The van der Waals surface area contributed by atoms with Crippen molar-refractivity contribution in [3.8, 4) is 0 Å². The van der Waals surface area contributed by atoms with E-state index < -0.39 is 0 Å². The fraction of sp³-hybridized carbons (Fsp3) is 0.154. The minimum Gasteiger partial charge on any atom is -0.436 e. The molecule has 6 nitrogen and oxygen atoms in total. The predicted molar refractivity (Wildman–Crippen MR) is 76.9 cm³/mol. The lowest BCUT2D eigenvalue weighted by Crippen LogP contribution is -2.07. The number of nitrogens with one attached hydrogen (secondary N) is 1. The number of benzene rings is 1.